The molecule has 0 saturated carbocycles. The summed E-state index contributed by atoms with van der Waals surface area (Å²) in [5, 5.41) is 5.95. The maximum Gasteiger partial charge on any atom is 0.00305 e. The van der Waals surface area contributed by atoms with Crippen LogP contribution in [0.4, 0.5) is 0 Å². The first kappa shape index (κ1) is 12.1. The van der Waals surface area contributed by atoms with Gasteiger partial charge in [0.25, 0.3) is 0 Å². The second-order valence-electron chi connectivity index (χ2n) is 7.19. The summed E-state index contributed by atoms with van der Waals surface area (Å²) < 4.78 is 0. The number of hydrogen-bond donors (Lipinski definition) is 0. The van der Waals surface area contributed by atoms with E-state index in [0.717, 1.165) is 6.42 Å². The van der Waals surface area contributed by atoms with E-state index in [4.69, 9.17) is 0 Å². The quantitative estimate of drug-likeness (QED) is 0.445. The molecule has 0 bridgehead atoms. The van der Waals surface area contributed by atoms with E-state index in [1.807, 2.05) is 0 Å². The Morgan fingerprint density at radius 2 is 1.87 bits per heavy atom. The maximum atomic E-state index is 2.48. The summed E-state index contributed by atoms with van der Waals surface area (Å²) in [6.07, 6.45) is 14.5. The van der Waals surface area contributed by atoms with Crippen molar-refractivity contribution in [1.29, 1.82) is 0 Å². The van der Waals surface area contributed by atoms with Gasteiger partial charge in [-0.05, 0) is 75.0 Å². The van der Waals surface area contributed by atoms with Crippen molar-refractivity contribution in [2.24, 2.45) is 0 Å². The van der Waals surface area contributed by atoms with Crippen LogP contribution in [0.25, 0.3) is 33.7 Å². The second-order valence-corrected chi connectivity index (χ2v) is 7.19. The lowest BCUT2D eigenvalue weighted by Gasteiger charge is -2.31. The van der Waals surface area contributed by atoms with Gasteiger partial charge in [-0.2, -0.15) is 0 Å². The lowest BCUT2D eigenvalue weighted by molar-refractivity contribution is 0.633. The minimum absolute atomic E-state index is 0.641. The van der Waals surface area contributed by atoms with Gasteiger partial charge in [0, 0.05) is 5.92 Å². The van der Waals surface area contributed by atoms with Crippen molar-refractivity contribution >= 4 is 33.7 Å². The Morgan fingerprint density at radius 1 is 0.913 bits per heavy atom. The molecule has 0 aliphatic heterocycles. The molecular formula is C23H18. The minimum atomic E-state index is 0.641. The van der Waals surface area contributed by atoms with Crippen LogP contribution in [0.3, 0.4) is 0 Å². The molecule has 3 aliphatic carbocycles. The Bertz CT molecular complexity index is 1060. The van der Waals surface area contributed by atoms with Crippen molar-refractivity contribution < 1.29 is 0 Å². The van der Waals surface area contributed by atoms with Gasteiger partial charge in [-0.1, -0.05) is 54.6 Å². The summed E-state index contributed by atoms with van der Waals surface area (Å²) in [5.74, 6) is 0.641. The fraction of sp³-hybridized carbons (Fsp3) is 0.217. The van der Waals surface area contributed by atoms with Gasteiger partial charge in [0.1, 0.15) is 0 Å². The second kappa shape index (κ2) is 4.14. The molecule has 0 spiro atoms. The topological polar surface area (TPSA) is 0 Å². The lowest BCUT2D eigenvalue weighted by Crippen LogP contribution is -2.13. The Labute approximate surface area is 136 Å². The molecule has 0 amide bonds. The molecule has 1 unspecified atom stereocenters. The number of fused-ring (bicyclic) bond motifs is 2. The fourth-order valence-corrected chi connectivity index (χ4v) is 5.14. The van der Waals surface area contributed by atoms with E-state index in [9.17, 15) is 0 Å². The Kier molecular flexibility index (Phi) is 2.18. The molecule has 0 aromatic heterocycles. The van der Waals surface area contributed by atoms with Gasteiger partial charge in [0.05, 0.1) is 0 Å². The molecule has 0 heterocycles. The molecule has 0 heteroatoms. The highest BCUT2D eigenvalue weighted by Gasteiger charge is 2.27. The summed E-state index contributed by atoms with van der Waals surface area (Å²) in [6, 6.07) is 11.6. The fourth-order valence-electron chi connectivity index (χ4n) is 5.14. The first-order valence-corrected chi connectivity index (χ1v) is 8.79. The smallest absolute Gasteiger partial charge is 0.00305 e. The minimum Gasteiger partial charge on any atom is -0.0795 e. The van der Waals surface area contributed by atoms with Crippen molar-refractivity contribution in [3.05, 3.63) is 70.3 Å². The zero-order chi connectivity index (χ0) is 15.0. The van der Waals surface area contributed by atoms with E-state index >= 15 is 0 Å². The van der Waals surface area contributed by atoms with Gasteiger partial charge >= 0.3 is 0 Å². The summed E-state index contributed by atoms with van der Waals surface area (Å²) in [5.41, 5.74) is 7.66. The molecule has 1 atom stereocenters. The van der Waals surface area contributed by atoms with Crippen LogP contribution in [-0.2, 0) is 12.8 Å². The largest absolute Gasteiger partial charge is 0.0795 e. The van der Waals surface area contributed by atoms with Crippen LogP contribution in [0.1, 0.15) is 46.6 Å². The number of rotatable bonds is 0. The van der Waals surface area contributed by atoms with Gasteiger partial charge in [0.2, 0.25) is 0 Å². The van der Waals surface area contributed by atoms with Crippen LogP contribution in [-0.4, -0.2) is 0 Å². The third-order valence-corrected chi connectivity index (χ3v) is 6.07. The SMILES string of the molecule is C1=Cc2cccc3c2c(c2c4c5c(ccc43)CCCC5C=C2)C1. The molecule has 0 saturated heterocycles. The number of allylic oxidation sites excluding steroid dienone is 2. The van der Waals surface area contributed by atoms with Crippen LogP contribution < -0.4 is 0 Å². The highest BCUT2D eigenvalue weighted by molar-refractivity contribution is 6.17. The van der Waals surface area contributed by atoms with Gasteiger partial charge in [-0.25, -0.2) is 0 Å². The van der Waals surface area contributed by atoms with Crippen LogP contribution >= 0.6 is 0 Å². The highest BCUT2D eigenvalue weighted by Crippen LogP contribution is 2.47. The molecule has 0 N–H and O–H groups in total. The van der Waals surface area contributed by atoms with Gasteiger partial charge in [-0.15, -0.1) is 0 Å². The van der Waals surface area contributed by atoms with Gasteiger partial charge in [-0.3, -0.25) is 0 Å². The molecule has 0 nitrogen and oxygen atoms in total. The first-order chi connectivity index (χ1) is 11.4. The summed E-state index contributed by atoms with van der Waals surface area (Å²) in [4.78, 5) is 0. The van der Waals surface area contributed by atoms with Crippen LogP contribution in [0.5, 0.6) is 0 Å². The normalized spacial score (nSPS) is 20.4. The zero-order valence-corrected chi connectivity index (χ0v) is 13.1. The van der Waals surface area contributed by atoms with Crippen LogP contribution in [0.15, 0.2) is 42.5 Å². The highest BCUT2D eigenvalue weighted by atomic mass is 14.3. The van der Waals surface area contributed by atoms with Crippen LogP contribution in [0, 0.1) is 0 Å². The van der Waals surface area contributed by atoms with E-state index in [0.29, 0.717) is 5.92 Å². The molecule has 0 fully saturated rings. The van der Waals surface area contributed by atoms with Crippen molar-refractivity contribution in [3.63, 3.8) is 0 Å². The number of hydrogen-bond acceptors (Lipinski definition) is 0. The van der Waals surface area contributed by atoms with Crippen molar-refractivity contribution in [2.45, 2.75) is 31.6 Å². The van der Waals surface area contributed by atoms with E-state index in [1.165, 1.54) is 46.5 Å². The van der Waals surface area contributed by atoms with Crippen LogP contribution in [0.2, 0.25) is 0 Å². The summed E-state index contributed by atoms with van der Waals surface area (Å²) in [6.45, 7) is 0. The standard InChI is InChI=1S/C23H18/c1-4-15-10-12-19-17-8-2-6-14-7-3-9-18(22(14)17)20-13-11-16(5-1)21(15)23(19)20/h2-3,6-8,10-13,16H,1,4-5,9H2. The third kappa shape index (κ3) is 1.42. The average Bonchev–Trinajstić information content (AvgIpc) is 2.62. The summed E-state index contributed by atoms with van der Waals surface area (Å²) in [7, 11) is 0. The van der Waals surface area contributed by atoms with Gasteiger partial charge in [0.15, 0.2) is 0 Å². The molecule has 110 valence electrons. The maximum absolute atomic E-state index is 2.48. The Morgan fingerprint density at radius 3 is 2.87 bits per heavy atom. The Hall–Kier alpha value is -2.34. The lowest BCUT2D eigenvalue weighted by atomic mass is 9.73. The summed E-state index contributed by atoms with van der Waals surface area (Å²) >= 11 is 0. The molecular weight excluding hydrogens is 276 g/mol. The molecule has 0 radical (unpaired) electrons. The van der Waals surface area contributed by atoms with Crippen molar-refractivity contribution in [3.8, 4) is 0 Å². The first-order valence-electron chi connectivity index (χ1n) is 8.79. The molecule has 3 aliphatic rings. The van der Waals surface area contributed by atoms with Crippen molar-refractivity contribution in [2.75, 3.05) is 0 Å². The third-order valence-electron chi connectivity index (χ3n) is 6.07. The molecule has 3 aromatic rings. The predicted octanol–water partition coefficient (Wildman–Crippen LogP) is 6.01. The Balaban J connectivity index is 1.92. The molecule has 23 heavy (non-hydrogen) atoms. The van der Waals surface area contributed by atoms with Gasteiger partial charge < -0.3 is 0 Å². The number of benzene rings is 3. The number of aryl methyl sites for hydroxylation is 1. The van der Waals surface area contributed by atoms with E-state index in [2.05, 4.69) is 54.6 Å². The zero-order valence-electron chi connectivity index (χ0n) is 13.1. The molecule has 6 rings (SSSR count). The van der Waals surface area contributed by atoms with E-state index < -0.39 is 0 Å². The van der Waals surface area contributed by atoms with E-state index in [1.54, 1.807) is 22.1 Å². The molecule has 3 aromatic carbocycles. The predicted molar refractivity (Wildman–Crippen MR) is 98.9 cm³/mol. The average molecular weight is 294 g/mol. The van der Waals surface area contributed by atoms with E-state index in [-0.39, 0.29) is 0 Å². The van der Waals surface area contributed by atoms with Crippen molar-refractivity contribution in [1.82, 2.24) is 0 Å². The monoisotopic (exact) mass is 294 g/mol.